The molecule has 0 radical (unpaired) electrons. The Morgan fingerprint density at radius 2 is 2.50 bits per heavy atom. The maximum Gasteiger partial charge on any atom is 0.328 e. The summed E-state index contributed by atoms with van der Waals surface area (Å²) < 4.78 is 5.33. The Balaban J connectivity index is 2.18. The summed E-state index contributed by atoms with van der Waals surface area (Å²) in [6.07, 6.45) is 1.24. The maximum atomic E-state index is 10.7. The van der Waals surface area contributed by atoms with Crippen molar-refractivity contribution in [3.8, 4) is 0 Å². The lowest BCUT2D eigenvalue weighted by Crippen LogP contribution is -2.42. The van der Waals surface area contributed by atoms with Crippen molar-refractivity contribution in [3.63, 3.8) is 0 Å². The highest BCUT2D eigenvalue weighted by Gasteiger charge is 2.24. The summed E-state index contributed by atoms with van der Waals surface area (Å²) in [5, 5.41) is 2.65. The van der Waals surface area contributed by atoms with E-state index in [4.69, 9.17) is 10.6 Å². The van der Waals surface area contributed by atoms with Crippen molar-refractivity contribution in [2.24, 2.45) is 11.8 Å². The van der Waals surface area contributed by atoms with Gasteiger partial charge in [-0.3, -0.25) is 5.43 Å². The summed E-state index contributed by atoms with van der Waals surface area (Å²) in [4.78, 5) is 10.7. The minimum atomic E-state index is -0.339. The van der Waals surface area contributed by atoms with Crippen LogP contribution < -0.4 is 16.6 Å². The van der Waals surface area contributed by atoms with Crippen LogP contribution in [0.4, 0.5) is 4.79 Å². The summed E-state index contributed by atoms with van der Waals surface area (Å²) in [5.74, 6) is 5.32. The van der Waals surface area contributed by atoms with E-state index in [0.717, 1.165) is 13.0 Å². The number of rotatable bonds is 2. The number of hydrogen-bond acceptors (Lipinski definition) is 3. The Kier molecular flexibility index (Phi) is 3.31. The van der Waals surface area contributed by atoms with Gasteiger partial charge in [-0.1, -0.05) is 0 Å². The molecule has 5 nitrogen and oxygen atoms in total. The molecular formula is C7H15N3O2. The van der Waals surface area contributed by atoms with Gasteiger partial charge in [-0.2, -0.15) is 0 Å². The standard InChI is InChI=1S/C7H15N3O2/c1-5-6(2-3-12-5)4-9-7(11)10-8/h5-6H,2-4,8H2,1H3,(H2,9,10,11). The zero-order chi connectivity index (χ0) is 8.97. The van der Waals surface area contributed by atoms with E-state index in [-0.39, 0.29) is 12.1 Å². The average molecular weight is 173 g/mol. The van der Waals surface area contributed by atoms with Crippen LogP contribution in [-0.4, -0.2) is 25.3 Å². The predicted molar refractivity (Wildman–Crippen MR) is 44.2 cm³/mol. The van der Waals surface area contributed by atoms with Crippen molar-refractivity contribution in [2.75, 3.05) is 13.2 Å². The van der Waals surface area contributed by atoms with Crippen LogP contribution in [0.15, 0.2) is 0 Å². The molecule has 2 unspecified atom stereocenters. The third-order valence-corrected chi connectivity index (χ3v) is 2.19. The lowest BCUT2D eigenvalue weighted by atomic mass is 10.0. The predicted octanol–water partition coefficient (Wildman–Crippen LogP) is -0.416. The van der Waals surface area contributed by atoms with Gasteiger partial charge >= 0.3 is 6.03 Å². The van der Waals surface area contributed by atoms with E-state index in [1.165, 1.54) is 0 Å². The molecule has 0 aromatic rings. The normalized spacial score (nSPS) is 28.5. The molecule has 1 aliphatic heterocycles. The maximum absolute atomic E-state index is 10.7. The Labute approximate surface area is 71.6 Å². The summed E-state index contributed by atoms with van der Waals surface area (Å²) in [5.41, 5.74) is 2.01. The van der Waals surface area contributed by atoms with Gasteiger partial charge in [0.25, 0.3) is 0 Å². The first-order chi connectivity index (χ1) is 5.74. The molecular weight excluding hydrogens is 158 g/mol. The topological polar surface area (TPSA) is 76.4 Å². The van der Waals surface area contributed by atoms with E-state index in [9.17, 15) is 4.79 Å². The molecule has 12 heavy (non-hydrogen) atoms. The van der Waals surface area contributed by atoms with Crippen LogP contribution in [0.3, 0.4) is 0 Å². The minimum absolute atomic E-state index is 0.239. The highest BCUT2D eigenvalue weighted by molar-refractivity contribution is 5.72. The second-order valence-corrected chi connectivity index (χ2v) is 2.98. The summed E-state index contributed by atoms with van der Waals surface area (Å²) in [6, 6.07) is -0.339. The van der Waals surface area contributed by atoms with Crippen molar-refractivity contribution in [2.45, 2.75) is 19.4 Å². The van der Waals surface area contributed by atoms with Crippen LogP contribution in [0, 0.1) is 5.92 Å². The van der Waals surface area contributed by atoms with Crippen molar-refractivity contribution in [1.82, 2.24) is 10.7 Å². The summed E-state index contributed by atoms with van der Waals surface area (Å²) in [6.45, 7) is 3.43. The molecule has 1 heterocycles. The van der Waals surface area contributed by atoms with E-state index in [2.05, 4.69) is 5.32 Å². The number of nitrogens with one attached hydrogen (secondary N) is 2. The first-order valence-electron chi connectivity index (χ1n) is 4.10. The number of urea groups is 1. The fraction of sp³-hybridized carbons (Fsp3) is 0.857. The van der Waals surface area contributed by atoms with Crippen LogP contribution in [0.2, 0.25) is 0 Å². The van der Waals surface area contributed by atoms with Crippen LogP contribution in [0.1, 0.15) is 13.3 Å². The van der Waals surface area contributed by atoms with Gasteiger partial charge in [0, 0.05) is 19.1 Å². The molecule has 0 aromatic carbocycles. The van der Waals surface area contributed by atoms with Gasteiger partial charge in [-0.05, 0) is 13.3 Å². The third kappa shape index (κ3) is 2.35. The molecule has 1 aliphatic rings. The smallest absolute Gasteiger partial charge is 0.328 e. The van der Waals surface area contributed by atoms with Crippen molar-refractivity contribution < 1.29 is 9.53 Å². The first-order valence-corrected chi connectivity index (χ1v) is 4.10. The van der Waals surface area contributed by atoms with Gasteiger partial charge in [0.15, 0.2) is 0 Å². The SMILES string of the molecule is CC1OCCC1CNC(=O)NN. The van der Waals surface area contributed by atoms with E-state index in [1.54, 1.807) is 0 Å². The van der Waals surface area contributed by atoms with Crippen LogP contribution in [0.25, 0.3) is 0 Å². The molecule has 0 bridgehead atoms. The largest absolute Gasteiger partial charge is 0.378 e. The second kappa shape index (κ2) is 4.27. The Hall–Kier alpha value is -0.810. The van der Waals surface area contributed by atoms with Gasteiger partial charge < -0.3 is 10.1 Å². The molecule has 5 heteroatoms. The first kappa shape index (κ1) is 9.28. The fourth-order valence-corrected chi connectivity index (χ4v) is 1.32. The van der Waals surface area contributed by atoms with Crippen molar-refractivity contribution >= 4 is 6.03 Å². The molecule has 0 saturated carbocycles. The summed E-state index contributed by atoms with van der Waals surface area (Å²) in [7, 11) is 0. The van der Waals surface area contributed by atoms with Crippen LogP contribution in [0.5, 0.6) is 0 Å². The lowest BCUT2D eigenvalue weighted by molar-refractivity contribution is 0.106. The number of carbonyl (C=O) groups excluding carboxylic acids is 1. The molecule has 1 rings (SSSR count). The average Bonchev–Trinajstić information content (AvgIpc) is 2.47. The van der Waals surface area contributed by atoms with E-state index >= 15 is 0 Å². The van der Waals surface area contributed by atoms with Gasteiger partial charge in [0.1, 0.15) is 0 Å². The lowest BCUT2D eigenvalue weighted by Gasteiger charge is -2.13. The van der Waals surface area contributed by atoms with Crippen molar-refractivity contribution in [3.05, 3.63) is 0 Å². The zero-order valence-electron chi connectivity index (χ0n) is 7.17. The number of ether oxygens (including phenoxy) is 1. The minimum Gasteiger partial charge on any atom is -0.378 e. The molecule has 70 valence electrons. The Morgan fingerprint density at radius 1 is 1.75 bits per heavy atom. The highest BCUT2D eigenvalue weighted by atomic mass is 16.5. The highest BCUT2D eigenvalue weighted by Crippen LogP contribution is 2.18. The number of hydrazine groups is 1. The molecule has 0 aromatic heterocycles. The van der Waals surface area contributed by atoms with Crippen LogP contribution in [-0.2, 0) is 4.74 Å². The van der Waals surface area contributed by atoms with Gasteiger partial charge in [0.05, 0.1) is 6.10 Å². The van der Waals surface area contributed by atoms with Crippen LogP contribution >= 0.6 is 0 Å². The van der Waals surface area contributed by atoms with E-state index in [0.29, 0.717) is 12.5 Å². The third-order valence-electron chi connectivity index (χ3n) is 2.19. The number of nitrogens with two attached hydrogens (primary N) is 1. The zero-order valence-corrected chi connectivity index (χ0v) is 7.17. The molecule has 1 saturated heterocycles. The molecule has 0 aliphatic carbocycles. The Morgan fingerprint density at radius 3 is 3.00 bits per heavy atom. The second-order valence-electron chi connectivity index (χ2n) is 2.98. The van der Waals surface area contributed by atoms with Crippen molar-refractivity contribution in [1.29, 1.82) is 0 Å². The molecule has 0 spiro atoms. The number of amides is 2. The Bertz CT molecular complexity index is 163. The molecule has 4 N–H and O–H groups in total. The fourth-order valence-electron chi connectivity index (χ4n) is 1.32. The molecule has 2 atom stereocenters. The van der Waals surface area contributed by atoms with E-state index in [1.807, 2.05) is 12.3 Å². The van der Waals surface area contributed by atoms with Gasteiger partial charge in [-0.15, -0.1) is 0 Å². The van der Waals surface area contributed by atoms with Gasteiger partial charge in [-0.25, -0.2) is 10.6 Å². The van der Waals surface area contributed by atoms with E-state index < -0.39 is 0 Å². The molecule has 2 amide bonds. The molecule has 1 fully saturated rings. The van der Waals surface area contributed by atoms with Gasteiger partial charge in [0.2, 0.25) is 0 Å². The summed E-state index contributed by atoms with van der Waals surface area (Å²) >= 11 is 0. The quantitative estimate of drug-likeness (QED) is 0.302. The number of hydrogen-bond donors (Lipinski definition) is 3. The monoisotopic (exact) mass is 173 g/mol. The number of carbonyl (C=O) groups is 1.